The number of aromatic nitrogens is 2. The second-order valence-corrected chi connectivity index (χ2v) is 8.95. The number of nitrogens with zero attached hydrogens (tertiary/aromatic N) is 2. The fourth-order valence-corrected chi connectivity index (χ4v) is 5.29. The van der Waals surface area contributed by atoms with Crippen molar-refractivity contribution in [2.24, 2.45) is 7.05 Å². The van der Waals surface area contributed by atoms with Crippen LogP contribution in [0.3, 0.4) is 0 Å². The van der Waals surface area contributed by atoms with Gasteiger partial charge in [0.25, 0.3) is 0 Å². The van der Waals surface area contributed by atoms with Crippen molar-refractivity contribution in [3.8, 4) is 0 Å². The fourth-order valence-electron chi connectivity index (χ4n) is 4.14. The van der Waals surface area contributed by atoms with Gasteiger partial charge in [0.05, 0.1) is 6.04 Å². The summed E-state index contributed by atoms with van der Waals surface area (Å²) in [5, 5.41) is 8.50. The van der Waals surface area contributed by atoms with Crippen LogP contribution >= 0.6 is 11.8 Å². The molecular formula is C21H28N4OS. The molecule has 0 spiro atoms. The van der Waals surface area contributed by atoms with Crippen molar-refractivity contribution in [1.82, 2.24) is 20.2 Å². The van der Waals surface area contributed by atoms with Gasteiger partial charge in [0.1, 0.15) is 0 Å². The van der Waals surface area contributed by atoms with E-state index in [9.17, 15) is 4.79 Å². The Morgan fingerprint density at radius 3 is 2.63 bits per heavy atom. The molecule has 2 fully saturated rings. The van der Waals surface area contributed by atoms with Crippen molar-refractivity contribution in [2.75, 3.05) is 0 Å². The Morgan fingerprint density at radius 1 is 1.15 bits per heavy atom. The predicted octanol–water partition coefficient (Wildman–Crippen LogP) is 3.43. The van der Waals surface area contributed by atoms with Gasteiger partial charge in [-0.25, -0.2) is 4.98 Å². The van der Waals surface area contributed by atoms with Crippen LogP contribution in [0.1, 0.15) is 50.1 Å². The standard InChI is InChI=1S/C21H28N4OS/c1-25-14-13-22-21(25)27-17-9-7-16(8-10-17)23-20(26)19-12-11-18(24-19)15-5-3-2-4-6-15/h2-6,13-14,16-19,24H,7-12H2,1H3,(H,23,26)/t16?,17?,18-,19-/m1/s1. The minimum absolute atomic E-state index is 0.0603. The third-order valence-electron chi connectivity index (χ3n) is 5.73. The number of carbonyl (C=O) groups is 1. The van der Waals surface area contributed by atoms with E-state index in [0.717, 1.165) is 43.7 Å². The van der Waals surface area contributed by atoms with E-state index in [1.165, 1.54) is 5.56 Å². The first-order valence-corrected chi connectivity index (χ1v) is 10.8. The van der Waals surface area contributed by atoms with Gasteiger partial charge in [0, 0.05) is 36.8 Å². The molecule has 27 heavy (non-hydrogen) atoms. The zero-order valence-corrected chi connectivity index (χ0v) is 16.6. The lowest BCUT2D eigenvalue weighted by Gasteiger charge is -2.29. The first kappa shape index (κ1) is 18.6. The summed E-state index contributed by atoms with van der Waals surface area (Å²) in [6.45, 7) is 0. The van der Waals surface area contributed by atoms with Gasteiger partial charge in [0.15, 0.2) is 5.16 Å². The number of rotatable bonds is 5. The minimum Gasteiger partial charge on any atom is -0.352 e. The lowest BCUT2D eigenvalue weighted by molar-refractivity contribution is -0.123. The van der Waals surface area contributed by atoms with E-state index in [4.69, 9.17) is 0 Å². The first-order chi connectivity index (χ1) is 13.2. The van der Waals surface area contributed by atoms with Crippen LogP contribution in [-0.4, -0.2) is 32.8 Å². The Bertz CT molecular complexity index is 755. The van der Waals surface area contributed by atoms with Crippen LogP contribution in [0.25, 0.3) is 0 Å². The van der Waals surface area contributed by atoms with Crippen molar-refractivity contribution < 1.29 is 4.79 Å². The van der Waals surface area contributed by atoms with Crippen LogP contribution in [0.4, 0.5) is 0 Å². The van der Waals surface area contributed by atoms with E-state index in [1.54, 1.807) is 0 Å². The SMILES string of the molecule is Cn1ccnc1SC1CCC(NC(=O)[C@H]2CC[C@H](c3ccccc3)N2)CC1. The van der Waals surface area contributed by atoms with Crippen LogP contribution < -0.4 is 10.6 Å². The normalized spacial score (nSPS) is 28.2. The highest BCUT2D eigenvalue weighted by Crippen LogP contribution is 2.33. The Kier molecular flexibility index (Phi) is 5.83. The second-order valence-electron chi connectivity index (χ2n) is 7.68. The third-order valence-corrected chi connectivity index (χ3v) is 7.14. The summed E-state index contributed by atoms with van der Waals surface area (Å²) in [5.74, 6) is 0.175. The van der Waals surface area contributed by atoms with Crippen LogP contribution in [-0.2, 0) is 11.8 Å². The van der Waals surface area contributed by atoms with Gasteiger partial charge in [-0.1, -0.05) is 42.1 Å². The maximum absolute atomic E-state index is 12.7. The molecule has 2 aliphatic rings. The molecule has 2 heterocycles. The molecule has 0 bridgehead atoms. The van der Waals surface area contributed by atoms with Crippen LogP contribution in [0.2, 0.25) is 0 Å². The summed E-state index contributed by atoms with van der Waals surface area (Å²) < 4.78 is 2.08. The highest BCUT2D eigenvalue weighted by atomic mass is 32.2. The number of thioether (sulfide) groups is 1. The lowest BCUT2D eigenvalue weighted by atomic mass is 9.94. The van der Waals surface area contributed by atoms with Crippen molar-refractivity contribution in [1.29, 1.82) is 0 Å². The largest absolute Gasteiger partial charge is 0.352 e. The molecule has 2 aromatic rings. The second kappa shape index (κ2) is 8.48. The van der Waals surface area contributed by atoms with E-state index in [-0.39, 0.29) is 11.9 Å². The summed E-state index contributed by atoms with van der Waals surface area (Å²) in [6.07, 6.45) is 10.2. The maximum atomic E-state index is 12.7. The van der Waals surface area contributed by atoms with Crippen LogP contribution in [0.15, 0.2) is 47.9 Å². The molecule has 1 aliphatic carbocycles. The van der Waals surface area contributed by atoms with E-state index in [1.807, 2.05) is 37.3 Å². The van der Waals surface area contributed by atoms with Gasteiger partial charge >= 0.3 is 0 Å². The number of amides is 1. The summed E-state index contributed by atoms with van der Waals surface area (Å²) >= 11 is 1.87. The van der Waals surface area contributed by atoms with Crippen molar-refractivity contribution >= 4 is 17.7 Å². The summed E-state index contributed by atoms with van der Waals surface area (Å²) in [6, 6.07) is 11.0. The zero-order valence-electron chi connectivity index (χ0n) is 15.8. The maximum Gasteiger partial charge on any atom is 0.237 e. The van der Waals surface area contributed by atoms with Gasteiger partial charge in [-0.2, -0.15) is 0 Å². The Labute approximate surface area is 165 Å². The van der Waals surface area contributed by atoms with Crippen LogP contribution in [0, 0.1) is 0 Å². The molecule has 1 aliphatic heterocycles. The predicted molar refractivity (Wildman–Crippen MR) is 109 cm³/mol. The van der Waals surface area contributed by atoms with Gasteiger partial charge in [0.2, 0.25) is 5.91 Å². The topological polar surface area (TPSA) is 59.0 Å². The molecular weight excluding hydrogens is 356 g/mol. The quantitative estimate of drug-likeness (QED) is 0.829. The molecule has 2 atom stereocenters. The van der Waals surface area contributed by atoms with Gasteiger partial charge < -0.3 is 9.88 Å². The van der Waals surface area contributed by atoms with Gasteiger partial charge in [-0.3, -0.25) is 10.1 Å². The summed E-state index contributed by atoms with van der Waals surface area (Å²) in [7, 11) is 2.04. The van der Waals surface area contributed by atoms with E-state index in [2.05, 4.69) is 44.5 Å². The van der Waals surface area contributed by atoms with Crippen LogP contribution in [0.5, 0.6) is 0 Å². The highest BCUT2D eigenvalue weighted by Gasteiger charge is 2.32. The van der Waals surface area contributed by atoms with Crippen molar-refractivity contribution in [3.05, 3.63) is 48.3 Å². The van der Waals surface area contributed by atoms with Gasteiger partial charge in [-0.05, 0) is 44.1 Å². The highest BCUT2D eigenvalue weighted by molar-refractivity contribution is 7.99. The van der Waals surface area contributed by atoms with E-state index >= 15 is 0 Å². The number of nitrogens with one attached hydrogen (secondary N) is 2. The summed E-state index contributed by atoms with van der Waals surface area (Å²) in [5.41, 5.74) is 1.28. The molecule has 1 aromatic carbocycles. The van der Waals surface area contributed by atoms with E-state index < -0.39 is 0 Å². The third kappa shape index (κ3) is 4.55. The number of hydrogen-bond acceptors (Lipinski definition) is 4. The van der Waals surface area contributed by atoms with E-state index in [0.29, 0.717) is 17.3 Å². The average molecular weight is 385 g/mol. The molecule has 1 saturated carbocycles. The molecule has 4 rings (SSSR count). The number of carbonyl (C=O) groups excluding carboxylic acids is 1. The Hall–Kier alpha value is -1.79. The Balaban J connectivity index is 1.22. The first-order valence-electron chi connectivity index (χ1n) is 9.94. The number of imidazole rings is 1. The molecule has 1 amide bonds. The average Bonchev–Trinajstić information content (AvgIpc) is 3.34. The summed E-state index contributed by atoms with van der Waals surface area (Å²) in [4.78, 5) is 17.1. The number of aryl methyl sites for hydroxylation is 1. The number of hydrogen-bond donors (Lipinski definition) is 2. The minimum atomic E-state index is -0.0603. The molecule has 1 aromatic heterocycles. The monoisotopic (exact) mass is 384 g/mol. The zero-order chi connectivity index (χ0) is 18.6. The molecule has 6 heteroatoms. The molecule has 0 unspecified atom stereocenters. The lowest BCUT2D eigenvalue weighted by Crippen LogP contribution is -2.46. The molecule has 1 saturated heterocycles. The molecule has 144 valence electrons. The van der Waals surface area contributed by atoms with Gasteiger partial charge in [-0.15, -0.1) is 0 Å². The van der Waals surface area contributed by atoms with Crippen molar-refractivity contribution in [2.45, 2.75) is 67.1 Å². The van der Waals surface area contributed by atoms with Crippen molar-refractivity contribution in [3.63, 3.8) is 0 Å². The smallest absolute Gasteiger partial charge is 0.237 e. The molecule has 2 N–H and O–H groups in total. The Morgan fingerprint density at radius 2 is 1.93 bits per heavy atom. The molecule has 0 radical (unpaired) electrons. The number of benzene rings is 1. The fraction of sp³-hybridized carbons (Fsp3) is 0.524. The molecule has 5 nitrogen and oxygen atoms in total.